The second-order valence-electron chi connectivity index (χ2n) is 3.72. The molecule has 0 atom stereocenters. The van der Waals surface area contributed by atoms with E-state index in [1.54, 1.807) is 0 Å². The van der Waals surface area contributed by atoms with Gasteiger partial charge >= 0.3 is 12.3 Å². The molecule has 0 fully saturated rings. The van der Waals surface area contributed by atoms with Gasteiger partial charge in [0, 0.05) is 17.3 Å². The first-order valence-electron chi connectivity index (χ1n) is 5.37. The maximum absolute atomic E-state index is 13.1. The van der Waals surface area contributed by atoms with Crippen LogP contribution in [-0.4, -0.2) is 24.4 Å². The molecule has 1 aromatic rings. The average molecular weight is 334 g/mol. The van der Waals surface area contributed by atoms with Crippen molar-refractivity contribution in [3.63, 3.8) is 0 Å². The number of esters is 1. The zero-order valence-corrected chi connectivity index (χ0v) is 11.3. The van der Waals surface area contributed by atoms with E-state index in [-0.39, 0.29) is 5.56 Å². The molecule has 21 heavy (non-hydrogen) atoms. The van der Waals surface area contributed by atoms with Gasteiger partial charge in [0.05, 0.1) is 19.4 Å². The first kappa shape index (κ1) is 17.4. The van der Waals surface area contributed by atoms with Gasteiger partial charge in [0.15, 0.2) is 0 Å². The maximum atomic E-state index is 13.1. The lowest BCUT2D eigenvalue weighted by atomic mass is 10.0. The van der Waals surface area contributed by atoms with Crippen LogP contribution in [-0.2, 0) is 21.8 Å². The largest absolute Gasteiger partial charge is 0.574 e. The second kappa shape index (κ2) is 6.88. The molecular formula is C11H9ClF5NO3. The highest BCUT2D eigenvalue weighted by Gasteiger charge is 2.34. The Balaban J connectivity index is 3.34. The Kier molecular flexibility index (Phi) is 5.70. The van der Waals surface area contributed by atoms with Crippen molar-refractivity contribution in [1.29, 1.82) is 0 Å². The predicted molar refractivity (Wildman–Crippen MR) is 61.2 cm³/mol. The Morgan fingerprint density at radius 2 is 2.05 bits per heavy atom. The highest BCUT2D eigenvalue weighted by molar-refractivity contribution is 6.17. The third-order valence-corrected chi connectivity index (χ3v) is 2.66. The first-order chi connectivity index (χ1) is 9.69. The molecule has 0 spiro atoms. The fourth-order valence-corrected chi connectivity index (χ4v) is 1.82. The topological polar surface area (TPSA) is 48.4 Å². The number of aromatic nitrogens is 1. The van der Waals surface area contributed by atoms with Crippen LogP contribution >= 0.6 is 11.6 Å². The molecule has 0 saturated carbocycles. The summed E-state index contributed by atoms with van der Waals surface area (Å²) in [6.07, 6.45) is -8.12. The Morgan fingerprint density at radius 3 is 2.48 bits per heavy atom. The van der Waals surface area contributed by atoms with E-state index < -0.39 is 48.1 Å². The Hall–Kier alpha value is -1.64. The van der Waals surface area contributed by atoms with Crippen LogP contribution in [0.1, 0.15) is 23.1 Å². The van der Waals surface area contributed by atoms with Gasteiger partial charge in [-0.25, -0.2) is 13.8 Å². The van der Waals surface area contributed by atoms with Crippen LogP contribution in [0.3, 0.4) is 0 Å². The summed E-state index contributed by atoms with van der Waals surface area (Å²) in [5, 5.41) is 0. The van der Waals surface area contributed by atoms with E-state index in [0.717, 1.165) is 7.11 Å². The molecule has 0 N–H and O–H groups in total. The standard InChI is InChI=1S/C11H9ClF5NO3/c1-20-7(19)2-5-4-18-10(21-11(15,16)17)6(3-12)8(5)9(13)14/h4,9H,2-3H2,1H3. The Labute approximate surface area is 120 Å². The minimum atomic E-state index is -5.10. The van der Waals surface area contributed by atoms with E-state index in [1.807, 2.05) is 0 Å². The highest BCUT2D eigenvalue weighted by atomic mass is 35.5. The summed E-state index contributed by atoms with van der Waals surface area (Å²) in [7, 11) is 1.04. The zero-order chi connectivity index (χ0) is 16.2. The van der Waals surface area contributed by atoms with Crippen LogP contribution in [0.15, 0.2) is 6.20 Å². The zero-order valence-electron chi connectivity index (χ0n) is 10.5. The Bertz CT molecular complexity index is 521. The molecule has 0 aliphatic carbocycles. The number of rotatable bonds is 5. The number of halogens is 6. The van der Waals surface area contributed by atoms with E-state index >= 15 is 0 Å². The van der Waals surface area contributed by atoms with Gasteiger partial charge in [0.1, 0.15) is 0 Å². The molecule has 1 heterocycles. The van der Waals surface area contributed by atoms with Crippen molar-refractivity contribution < 1.29 is 36.2 Å². The van der Waals surface area contributed by atoms with Crippen molar-refractivity contribution in [2.75, 3.05) is 7.11 Å². The Morgan fingerprint density at radius 1 is 1.43 bits per heavy atom. The van der Waals surface area contributed by atoms with Crippen molar-refractivity contribution >= 4 is 17.6 Å². The lowest BCUT2D eigenvalue weighted by molar-refractivity contribution is -0.276. The number of hydrogen-bond acceptors (Lipinski definition) is 4. The maximum Gasteiger partial charge on any atom is 0.574 e. The van der Waals surface area contributed by atoms with Crippen LogP contribution in [0.2, 0.25) is 0 Å². The van der Waals surface area contributed by atoms with Crippen LogP contribution in [0.25, 0.3) is 0 Å². The molecule has 1 aromatic heterocycles. The van der Waals surface area contributed by atoms with Crippen LogP contribution in [0.5, 0.6) is 5.88 Å². The molecule has 0 aliphatic rings. The molecule has 0 amide bonds. The normalized spacial score (nSPS) is 11.6. The number of carbonyl (C=O) groups is 1. The van der Waals surface area contributed by atoms with Crippen LogP contribution < -0.4 is 4.74 Å². The highest BCUT2D eigenvalue weighted by Crippen LogP contribution is 2.35. The molecule has 1 rings (SSSR count). The van der Waals surface area contributed by atoms with Gasteiger partial charge in [-0.1, -0.05) is 0 Å². The number of carbonyl (C=O) groups excluding carboxylic acids is 1. The van der Waals surface area contributed by atoms with E-state index in [4.69, 9.17) is 11.6 Å². The molecule has 4 nitrogen and oxygen atoms in total. The quantitative estimate of drug-likeness (QED) is 0.471. The third-order valence-electron chi connectivity index (χ3n) is 2.39. The average Bonchev–Trinajstić information content (AvgIpc) is 2.37. The fraction of sp³-hybridized carbons (Fsp3) is 0.455. The van der Waals surface area contributed by atoms with E-state index in [9.17, 15) is 26.7 Å². The number of pyridine rings is 1. The SMILES string of the molecule is COC(=O)Cc1cnc(OC(F)(F)F)c(CCl)c1C(F)F. The molecule has 0 unspecified atom stereocenters. The van der Waals surface area contributed by atoms with E-state index in [2.05, 4.69) is 14.5 Å². The lowest BCUT2D eigenvalue weighted by Crippen LogP contribution is -2.20. The molecule has 118 valence electrons. The first-order valence-corrected chi connectivity index (χ1v) is 5.90. The van der Waals surface area contributed by atoms with Gasteiger partial charge < -0.3 is 9.47 Å². The van der Waals surface area contributed by atoms with E-state index in [0.29, 0.717) is 6.20 Å². The molecule has 0 aromatic carbocycles. The fourth-order valence-electron chi connectivity index (χ4n) is 1.56. The lowest BCUT2D eigenvalue weighted by Gasteiger charge is -2.16. The number of methoxy groups -OCH3 is 1. The van der Waals surface area contributed by atoms with Crippen LogP contribution in [0, 0.1) is 0 Å². The molecular weight excluding hydrogens is 325 g/mol. The van der Waals surface area contributed by atoms with Crippen molar-refractivity contribution in [1.82, 2.24) is 4.98 Å². The number of alkyl halides is 6. The summed E-state index contributed by atoms with van der Waals surface area (Å²) < 4.78 is 70.6. The minimum absolute atomic E-state index is 0.276. The van der Waals surface area contributed by atoms with Crippen molar-refractivity contribution in [3.05, 3.63) is 22.9 Å². The van der Waals surface area contributed by atoms with Gasteiger partial charge in [0.25, 0.3) is 6.43 Å². The summed E-state index contributed by atoms with van der Waals surface area (Å²) in [5.74, 6) is -2.60. The van der Waals surface area contributed by atoms with Gasteiger partial charge in [0.2, 0.25) is 5.88 Å². The molecule has 0 saturated heterocycles. The number of nitrogens with zero attached hydrogens (tertiary/aromatic N) is 1. The second-order valence-corrected chi connectivity index (χ2v) is 3.98. The summed E-state index contributed by atoms with van der Waals surface area (Å²) >= 11 is 5.42. The molecule has 0 aliphatic heterocycles. The molecule has 10 heteroatoms. The predicted octanol–water partition coefficient (Wildman–Crippen LogP) is 3.37. The minimum Gasteiger partial charge on any atom is -0.469 e. The van der Waals surface area contributed by atoms with Crippen molar-refractivity contribution in [2.45, 2.75) is 25.1 Å². The third kappa shape index (κ3) is 4.69. The molecule has 0 bridgehead atoms. The number of hydrogen-bond donors (Lipinski definition) is 0. The van der Waals surface area contributed by atoms with E-state index in [1.165, 1.54) is 0 Å². The monoisotopic (exact) mass is 333 g/mol. The van der Waals surface area contributed by atoms with Gasteiger partial charge in [-0.3, -0.25) is 4.79 Å². The summed E-state index contributed by atoms with van der Waals surface area (Å²) in [5.41, 5.74) is -1.71. The smallest absolute Gasteiger partial charge is 0.469 e. The van der Waals surface area contributed by atoms with Gasteiger partial charge in [-0.15, -0.1) is 24.8 Å². The summed E-state index contributed by atoms with van der Waals surface area (Å²) in [6.45, 7) is 0. The molecule has 0 radical (unpaired) electrons. The summed E-state index contributed by atoms with van der Waals surface area (Å²) in [6, 6.07) is 0. The number of ether oxygens (including phenoxy) is 2. The van der Waals surface area contributed by atoms with Gasteiger partial charge in [-0.05, 0) is 5.56 Å². The van der Waals surface area contributed by atoms with Gasteiger partial charge in [-0.2, -0.15) is 0 Å². The van der Waals surface area contributed by atoms with Crippen LogP contribution in [0.4, 0.5) is 22.0 Å². The van der Waals surface area contributed by atoms with Crippen molar-refractivity contribution in [2.24, 2.45) is 0 Å². The van der Waals surface area contributed by atoms with Crippen molar-refractivity contribution in [3.8, 4) is 5.88 Å². The summed E-state index contributed by atoms with van der Waals surface area (Å²) in [4.78, 5) is 14.4.